The highest BCUT2D eigenvalue weighted by molar-refractivity contribution is 8.08. The number of aliphatic hydroxyl groups excluding tert-OH is 2. The summed E-state index contributed by atoms with van der Waals surface area (Å²) in [7, 11) is -3.43. The normalized spacial score (nSPS) is 27.4. The lowest BCUT2D eigenvalue weighted by Crippen LogP contribution is -2.46. The fraction of sp³-hybridized carbons (Fsp3) is 0.545. The molecule has 1 unspecified atom stereocenters. The van der Waals surface area contributed by atoms with Gasteiger partial charge in [0.15, 0.2) is 6.33 Å². The van der Waals surface area contributed by atoms with Gasteiger partial charge in [0.2, 0.25) is 11.7 Å². The van der Waals surface area contributed by atoms with Crippen LogP contribution in [-0.4, -0.2) is 64.3 Å². The first kappa shape index (κ1) is 22.4. The maximum Gasteiger partial charge on any atom is 0.479 e. The molecule has 1 aliphatic heterocycles. The van der Waals surface area contributed by atoms with Crippen LogP contribution in [0.3, 0.4) is 0 Å². The summed E-state index contributed by atoms with van der Waals surface area (Å²) in [6.07, 6.45) is -4.31. The van der Waals surface area contributed by atoms with Gasteiger partial charge in [0.25, 0.3) is 11.5 Å². The number of phosphoric acid groups is 1. The minimum absolute atomic E-state index is 0.0592. The summed E-state index contributed by atoms with van der Waals surface area (Å²) in [4.78, 5) is 45.8. The third-order valence-electron chi connectivity index (χ3n) is 4.01. The smallest absolute Gasteiger partial charge is 0.387 e. The molecule has 0 spiro atoms. The van der Waals surface area contributed by atoms with Crippen molar-refractivity contribution in [2.24, 2.45) is 7.05 Å². The molecular formula is C11H18N5O10P2S+. The number of ether oxygens (including phenoxy) is 1. The minimum atomic E-state index is -4.97. The highest BCUT2D eigenvalue weighted by Gasteiger charge is 2.48. The Balaban J connectivity index is 1.84. The summed E-state index contributed by atoms with van der Waals surface area (Å²) >= 11 is 4.09. The summed E-state index contributed by atoms with van der Waals surface area (Å²) in [6.45, 7) is -5.25. The van der Waals surface area contributed by atoms with E-state index in [2.05, 4.69) is 30.6 Å². The predicted molar refractivity (Wildman–Crippen MR) is 97.5 cm³/mol. The molecule has 29 heavy (non-hydrogen) atoms. The van der Waals surface area contributed by atoms with Gasteiger partial charge >= 0.3 is 20.2 Å². The molecule has 1 saturated heterocycles. The minimum Gasteiger partial charge on any atom is -0.387 e. The Hall–Kier alpha value is -1.29. The maximum absolute atomic E-state index is 12.1. The molecule has 15 nitrogen and oxygen atoms in total. The van der Waals surface area contributed by atoms with Gasteiger partial charge in [-0.05, 0) is 11.8 Å². The highest BCUT2D eigenvalue weighted by atomic mass is 32.5. The average Bonchev–Trinajstić information content (AvgIpc) is 3.01. The van der Waals surface area contributed by atoms with Crippen LogP contribution in [0, 0.1) is 0 Å². The second-order valence-electron chi connectivity index (χ2n) is 6.14. The number of rotatable bonds is 6. The van der Waals surface area contributed by atoms with Crippen molar-refractivity contribution in [2.45, 2.75) is 24.5 Å². The number of aliphatic hydroxyl groups is 2. The third kappa shape index (κ3) is 4.73. The van der Waals surface area contributed by atoms with Gasteiger partial charge in [0.05, 0.1) is 13.7 Å². The number of H-pyrrole nitrogens is 1. The Morgan fingerprint density at radius 1 is 1.41 bits per heavy atom. The number of nitrogens with one attached hydrogen (secondary N) is 1. The van der Waals surface area contributed by atoms with Crippen LogP contribution in [0.1, 0.15) is 6.23 Å². The Labute approximate surface area is 166 Å². The summed E-state index contributed by atoms with van der Waals surface area (Å²) < 4.78 is 28.4. The highest BCUT2D eigenvalue weighted by Crippen LogP contribution is 2.57. The topological polar surface area (TPSA) is 226 Å². The number of imidazole rings is 1. The van der Waals surface area contributed by atoms with E-state index in [0.717, 1.165) is 0 Å². The first-order valence-corrected chi connectivity index (χ1v) is 11.9. The van der Waals surface area contributed by atoms with Gasteiger partial charge in [-0.15, -0.1) is 0 Å². The van der Waals surface area contributed by atoms with Gasteiger partial charge < -0.3 is 35.4 Å². The van der Waals surface area contributed by atoms with Crippen LogP contribution in [0.25, 0.3) is 11.2 Å². The first-order chi connectivity index (χ1) is 13.3. The number of phosphoric ester groups is 1. The van der Waals surface area contributed by atoms with Gasteiger partial charge in [-0.3, -0.25) is 18.9 Å². The van der Waals surface area contributed by atoms with Crippen LogP contribution in [0.5, 0.6) is 0 Å². The van der Waals surface area contributed by atoms with Crippen LogP contribution < -0.4 is 15.9 Å². The van der Waals surface area contributed by atoms with E-state index in [4.69, 9.17) is 20.3 Å². The predicted octanol–water partition coefficient (Wildman–Crippen LogP) is -2.91. The number of hydrogen-bond donors (Lipinski definition) is 7. The second kappa shape index (κ2) is 7.76. The lowest BCUT2D eigenvalue weighted by atomic mass is 10.1. The summed E-state index contributed by atoms with van der Waals surface area (Å²) in [6, 6.07) is 0. The third-order valence-corrected chi connectivity index (χ3v) is 6.76. The molecule has 8 N–H and O–H groups in total. The molecule has 0 saturated carbocycles. The number of hydrogen-bond acceptors (Lipinski definition) is 10. The van der Waals surface area contributed by atoms with Crippen LogP contribution in [-0.2, 0) is 37.0 Å². The van der Waals surface area contributed by atoms with Crippen LogP contribution in [0.15, 0.2) is 11.1 Å². The van der Waals surface area contributed by atoms with Crippen LogP contribution >= 0.6 is 14.5 Å². The zero-order valence-electron chi connectivity index (χ0n) is 14.6. The summed E-state index contributed by atoms with van der Waals surface area (Å²) in [5.74, 6) is -0.183. The molecule has 2 aromatic heterocycles. The molecule has 5 atom stereocenters. The van der Waals surface area contributed by atoms with Gasteiger partial charge in [0.1, 0.15) is 18.3 Å². The van der Waals surface area contributed by atoms with Gasteiger partial charge in [-0.25, -0.2) is 13.4 Å². The van der Waals surface area contributed by atoms with Crippen molar-refractivity contribution in [3.05, 3.63) is 16.7 Å². The van der Waals surface area contributed by atoms with E-state index in [0.29, 0.717) is 0 Å². The van der Waals surface area contributed by atoms with Crippen molar-refractivity contribution in [1.82, 2.24) is 14.5 Å². The van der Waals surface area contributed by atoms with Gasteiger partial charge in [0, 0.05) is 0 Å². The molecule has 0 aromatic carbocycles. The van der Waals surface area contributed by atoms with Crippen molar-refractivity contribution in [3.63, 3.8) is 0 Å². The Morgan fingerprint density at radius 3 is 2.69 bits per heavy atom. The molecule has 0 amide bonds. The van der Waals surface area contributed by atoms with E-state index in [1.54, 1.807) is 0 Å². The number of nitrogen functional groups attached to an aromatic ring is 1. The van der Waals surface area contributed by atoms with E-state index in [1.807, 2.05) is 0 Å². The fourth-order valence-electron chi connectivity index (χ4n) is 2.88. The van der Waals surface area contributed by atoms with E-state index in [1.165, 1.54) is 22.5 Å². The monoisotopic (exact) mass is 474 g/mol. The number of fused-ring (bicyclic) bond motifs is 1. The lowest BCUT2D eigenvalue weighted by Gasteiger charge is -2.18. The van der Waals surface area contributed by atoms with Crippen molar-refractivity contribution < 1.29 is 47.6 Å². The lowest BCUT2D eigenvalue weighted by molar-refractivity contribution is -0.745. The molecule has 0 aliphatic carbocycles. The van der Waals surface area contributed by atoms with Crippen molar-refractivity contribution >= 4 is 43.5 Å². The number of nitrogens with zero attached hydrogens (tertiary/aromatic N) is 3. The molecule has 2 aromatic rings. The fourth-order valence-corrected chi connectivity index (χ4v) is 5.23. The molecule has 0 bridgehead atoms. The van der Waals surface area contributed by atoms with E-state index >= 15 is 0 Å². The molecule has 0 radical (unpaired) electrons. The molecular weight excluding hydrogens is 456 g/mol. The van der Waals surface area contributed by atoms with Crippen LogP contribution in [0.4, 0.5) is 5.95 Å². The molecule has 3 heterocycles. The maximum atomic E-state index is 12.1. The zero-order valence-corrected chi connectivity index (χ0v) is 17.2. The zero-order chi connectivity index (χ0) is 21.7. The quantitative estimate of drug-likeness (QED) is 0.165. The first-order valence-electron chi connectivity index (χ1n) is 7.81. The number of nitrogens with two attached hydrogens (primary N) is 1. The SMILES string of the molecule is Cn1c[n+]([C@@H]2O[C@H](COP(=O)(O)OP(O)(O)=S)[C@@H](O)[C@H]2O)c2nc(N)[nH]c(=O)c21. The van der Waals surface area contributed by atoms with E-state index in [9.17, 15) is 24.5 Å². The molecule has 18 heteroatoms. The average molecular weight is 474 g/mol. The van der Waals surface area contributed by atoms with E-state index < -0.39 is 51.2 Å². The van der Waals surface area contributed by atoms with Crippen molar-refractivity contribution in [2.75, 3.05) is 12.3 Å². The molecule has 1 aliphatic rings. The number of anilines is 1. The Morgan fingerprint density at radius 2 is 2.07 bits per heavy atom. The number of aryl methyl sites for hydroxylation is 1. The molecule has 1 fully saturated rings. The Kier molecular flexibility index (Phi) is 5.99. The summed E-state index contributed by atoms with van der Waals surface area (Å²) in [5.41, 5.74) is 5.20. The summed E-state index contributed by atoms with van der Waals surface area (Å²) in [5, 5.41) is 20.5. The van der Waals surface area contributed by atoms with Gasteiger partial charge in [-0.2, -0.15) is 0 Å². The molecule has 162 valence electrons. The molecule has 3 rings (SSSR count). The van der Waals surface area contributed by atoms with Crippen molar-refractivity contribution in [3.8, 4) is 0 Å². The van der Waals surface area contributed by atoms with Crippen LogP contribution in [0.2, 0.25) is 0 Å². The van der Waals surface area contributed by atoms with Crippen molar-refractivity contribution in [1.29, 1.82) is 0 Å². The number of aromatic nitrogens is 4. The van der Waals surface area contributed by atoms with Gasteiger partial charge in [-0.1, -0.05) is 4.98 Å². The standard InChI is InChI=1S/C11H17N5O10P2S/c1-15-3-16(8-5(15)9(19)14-11(12)13-8)10-7(18)6(17)4(25-10)2-24-27(20,21)26-28(22,23)29/h3-4,6-7,10,17-18H,2H2,1H3,(H5-,12,13,14,19,20,21,22,23,29)/p+1/t4-,6-,7-,10-/m1/s1. The Bertz CT molecular complexity index is 1080. The van der Waals surface area contributed by atoms with E-state index in [-0.39, 0.29) is 17.1 Å². The largest absolute Gasteiger partial charge is 0.479 e. The second-order valence-corrected chi connectivity index (χ2v) is 10.4. The number of aromatic amines is 1.